The number of thiocarbonyl (C=S) groups is 1. The standard InChI is InChI=1S/C26H19ClN2O6S/c1-34-22-13-15(5-10-21(22)35-14-16-3-2-4-17(11-16)25(32)33)12-20-23(30)28-26(36)29(24(20)31)19-8-6-18(27)7-9-19/h2-13H,14H2,1H3,(H,32,33)(H,28,30,36)/b20-12+. The van der Waals surface area contributed by atoms with Gasteiger partial charge in [0.15, 0.2) is 16.6 Å². The van der Waals surface area contributed by atoms with Crippen LogP contribution in [0.25, 0.3) is 6.08 Å². The number of nitrogens with zero attached hydrogens (tertiary/aromatic N) is 1. The van der Waals surface area contributed by atoms with Crippen LogP contribution >= 0.6 is 23.8 Å². The number of aromatic carboxylic acids is 1. The molecule has 0 spiro atoms. The van der Waals surface area contributed by atoms with Gasteiger partial charge < -0.3 is 14.6 Å². The number of carbonyl (C=O) groups is 3. The molecule has 1 aliphatic rings. The van der Waals surface area contributed by atoms with E-state index in [0.29, 0.717) is 33.3 Å². The van der Waals surface area contributed by atoms with E-state index in [0.717, 1.165) is 0 Å². The van der Waals surface area contributed by atoms with Crippen molar-refractivity contribution >= 4 is 58.5 Å². The third-order valence-electron chi connectivity index (χ3n) is 5.25. The Hall–Kier alpha value is -4.21. The number of carboxylic acid groups (broad SMARTS) is 1. The molecule has 0 bridgehead atoms. The lowest BCUT2D eigenvalue weighted by Gasteiger charge is -2.29. The second-order valence-corrected chi connectivity index (χ2v) is 8.46. The van der Waals surface area contributed by atoms with Gasteiger partial charge in [-0.1, -0.05) is 29.8 Å². The van der Waals surface area contributed by atoms with E-state index in [1.165, 1.54) is 30.2 Å². The summed E-state index contributed by atoms with van der Waals surface area (Å²) in [5.74, 6) is -1.45. The maximum atomic E-state index is 13.2. The number of benzene rings is 3. The fraction of sp³-hybridized carbons (Fsp3) is 0.0769. The van der Waals surface area contributed by atoms with Crippen molar-refractivity contribution in [1.29, 1.82) is 0 Å². The summed E-state index contributed by atoms with van der Waals surface area (Å²) in [5, 5.41) is 12.2. The van der Waals surface area contributed by atoms with Crippen molar-refractivity contribution < 1.29 is 29.0 Å². The van der Waals surface area contributed by atoms with Crippen LogP contribution < -0.4 is 19.7 Å². The van der Waals surface area contributed by atoms with Crippen LogP contribution in [-0.4, -0.2) is 35.1 Å². The quantitative estimate of drug-likeness (QED) is 0.268. The molecule has 182 valence electrons. The number of halogens is 1. The summed E-state index contributed by atoms with van der Waals surface area (Å²) in [6.07, 6.45) is 1.44. The zero-order chi connectivity index (χ0) is 25.8. The molecule has 0 radical (unpaired) electrons. The summed E-state index contributed by atoms with van der Waals surface area (Å²) in [6.45, 7) is 0.117. The Labute approximate surface area is 216 Å². The van der Waals surface area contributed by atoms with Crippen molar-refractivity contribution in [3.8, 4) is 11.5 Å². The summed E-state index contributed by atoms with van der Waals surface area (Å²) in [4.78, 5) is 38.1. The van der Waals surface area contributed by atoms with Crippen molar-refractivity contribution in [3.63, 3.8) is 0 Å². The second kappa shape index (κ2) is 10.6. The summed E-state index contributed by atoms with van der Waals surface area (Å²) in [6, 6.07) is 17.8. The van der Waals surface area contributed by atoms with Gasteiger partial charge in [-0.3, -0.25) is 19.8 Å². The zero-order valence-corrected chi connectivity index (χ0v) is 20.4. The Morgan fingerprint density at radius 2 is 1.83 bits per heavy atom. The molecule has 0 unspecified atom stereocenters. The first-order chi connectivity index (χ1) is 17.3. The molecule has 0 aromatic heterocycles. The van der Waals surface area contributed by atoms with Crippen molar-refractivity contribution in [1.82, 2.24) is 5.32 Å². The molecule has 1 aliphatic heterocycles. The number of hydrogen-bond donors (Lipinski definition) is 2. The van der Waals surface area contributed by atoms with Crippen molar-refractivity contribution in [2.75, 3.05) is 12.0 Å². The molecule has 2 N–H and O–H groups in total. The number of rotatable bonds is 7. The van der Waals surface area contributed by atoms with Crippen LogP contribution in [0.15, 0.2) is 72.3 Å². The highest BCUT2D eigenvalue weighted by molar-refractivity contribution is 7.80. The van der Waals surface area contributed by atoms with Crippen molar-refractivity contribution in [2.45, 2.75) is 6.61 Å². The molecule has 4 rings (SSSR count). The van der Waals surface area contributed by atoms with Crippen LogP contribution in [0, 0.1) is 0 Å². The van der Waals surface area contributed by atoms with E-state index in [4.69, 9.17) is 38.4 Å². The number of anilines is 1. The summed E-state index contributed by atoms with van der Waals surface area (Å²) in [7, 11) is 1.46. The molecule has 0 atom stereocenters. The first-order valence-electron chi connectivity index (χ1n) is 10.6. The van der Waals surface area contributed by atoms with Gasteiger partial charge >= 0.3 is 5.97 Å². The molecule has 1 heterocycles. The molecular weight excluding hydrogens is 504 g/mol. The van der Waals surface area contributed by atoms with E-state index in [2.05, 4.69) is 5.32 Å². The molecule has 10 heteroatoms. The number of amides is 2. The third kappa shape index (κ3) is 5.37. The Balaban J connectivity index is 1.57. The number of nitrogens with one attached hydrogen (secondary N) is 1. The van der Waals surface area contributed by atoms with Gasteiger partial charge in [-0.2, -0.15) is 0 Å². The number of hydrogen-bond acceptors (Lipinski definition) is 6. The lowest BCUT2D eigenvalue weighted by atomic mass is 10.1. The van der Waals surface area contributed by atoms with Crippen LogP contribution in [0.4, 0.5) is 5.69 Å². The normalized spacial score (nSPS) is 14.6. The molecule has 1 fully saturated rings. The van der Waals surface area contributed by atoms with Crippen LogP contribution in [0.1, 0.15) is 21.5 Å². The third-order valence-corrected chi connectivity index (χ3v) is 5.79. The average Bonchev–Trinajstić information content (AvgIpc) is 2.86. The van der Waals surface area contributed by atoms with E-state index in [9.17, 15) is 14.4 Å². The highest BCUT2D eigenvalue weighted by Crippen LogP contribution is 2.31. The minimum atomic E-state index is -1.02. The molecule has 36 heavy (non-hydrogen) atoms. The fourth-order valence-electron chi connectivity index (χ4n) is 3.50. The fourth-order valence-corrected chi connectivity index (χ4v) is 3.90. The van der Waals surface area contributed by atoms with Gasteiger partial charge in [-0.05, 0) is 78.0 Å². The highest BCUT2D eigenvalue weighted by atomic mass is 35.5. The lowest BCUT2D eigenvalue weighted by Crippen LogP contribution is -2.54. The van der Waals surface area contributed by atoms with Crippen molar-refractivity contribution in [2.24, 2.45) is 0 Å². The van der Waals surface area contributed by atoms with Crippen LogP contribution in [-0.2, 0) is 16.2 Å². The molecule has 8 nitrogen and oxygen atoms in total. The summed E-state index contributed by atoms with van der Waals surface area (Å²) in [5.41, 5.74) is 1.71. The lowest BCUT2D eigenvalue weighted by molar-refractivity contribution is -0.122. The van der Waals surface area contributed by atoms with E-state index in [-0.39, 0.29) is 22.9 Å². The first kappa shape index (κ1) is 24.9. The Morgan fingerprint density at radius 1 is 1.08 bits per heavy atom. The smallest absolute Gasteiger partial charge is 0.335 e. The molecular formula is C26H19ClN2O6S. The minimum Gasteiger partial charge on any atom is -0.493 e. The summed E-state index contributed by atoms with van der Waals surface area (Å²) < 4.78 is 11.2. The van der Waals surface area contributed by atoms with E-state index in [1.54, 1.807) is 54.6 Å². The minimum absolute atomic E-state index is 0.0298. The zero-order valence-electron chi connectivity index (χ0n) is 18.9. The molecule has 0 saturated carbocycles. The molecule has 1 saturated heterocycles. The Bertz CT molecular complexity index is 1400. The number of methoxy groups -OCH3 is 1. The predicted octanol–water partition coefficient (Wildman–Crippen LogP) is 4.46. The predicted molar refractivity (Wildman–Crippen MR) is 138 cm³/mol. The van der Waals surface area contributed by atoms with Gasteiger partial charge in [0.1, 0.15) is 12.2 Å². The molecule has 2 amide bonds. The van der Waals surface area contributed by atoms with E-state index >= 15 is 0 Å². The van der Waals surface area contributed by atoms with E-state index < -0.39 is 17.8 Å². The van der Waals surface area contributed by atoms with Crippen molar-refractivity contribution in [3.05, 3.63) is 94.0 Å². The average molecular weight is 523 g/mol. The SMILES string of the molecule is COc1cc(/C=C2\C(=O)NC(=S)N(c3ccc(Cl)cc3)C2=O)ccc1OCc1cccc(C(=O)O)c1. The van der Waals surface area contributed by atoms with Gasteiger partial charge in [0.05, 0.1) is 18.4 Å². The van der Waals surface area contributed by atoms with Gasteiger partial charge in [0.25, 0.3) is 11.8 Å². The first-order valence-corrected chi connectivity index (χ1v) is 11.4. The Morgan fingerprint density at radius 3 is 2.53 bits per heavy atom. The number of ether oxygens (including phenoxy) is 2. The van der Waals surface area contributed by atoms with Gasteiger partial charge in [-0.15, -0.1) is 0 Å². The Kier molecular flexibility index (Phi) is 7.33. The van der Waals surface area contributed by atoms with Gasteiger partial charge in [-0.25, -0.2) is 4.79 Å². The van der Waals surface area contributed by atoms with Crippen LogP contribution in [0.3, 0.4) is 0 Å². The van der Waals surface area contributed by atoms with Gasteiger partial charge in [0, 0.05) is 5.02 Å². The molecule has 3 aromatic carbocycles. The number of carboxylic acids is 1. The maximum absolute atomic E-state index is 13.2. The highest BCUT2D eigenvalue weighted by Gasteiger charge is 2.34. The van der Waals surface area contributed by atoms with Crippen LogP contribution in [0.5, 0.6) is 11.5 Å². The molecule has 0 aliphatic carbocycles. The number of carbonyl (C=O) groups excluding carboxylic acids is 2. The van der Waals surface area contributed by atoms with Gasteiger partial charge in [0.2, 0.25) is 0 Å². The maximum Gasteiger partial charge on any atom is 0.335 e. The largest absolute Gasteiger partial charge is 0.493 e. The molecule has 3 aromatic rings. The van der Waals surface area contributed by atoms with Crippen LogP contribution in [0.2, 0.25) is 5.02 Å². The summed E-state index contributed by atoms with van der Waals surface area (Å²) >= 11 is 11.1. The topological polar surface area (TPSA) is 105 Å². The monoisotopic (exact) mass is 522 g/mol. The van der Waals surface area contributed by atoms with E-state index in [1.807, 2.05) is 0 Å². The second-order valence-electron chi connectivity index (χ2n) is 7.64.